The average Bonchev–Trinajstić information content (AvgIpc) is 3.15. The van der Waals surface area contributed by atoms with E-state index in [9.17, 15) is 19.2 Å². The van der Waals surface area contributed by atoms with Gasteiger partial charge < -0.3 is 10.2 Å². The Bertz CT molecular complexity index is 1110. The van der Waals surface area contributed by atoms with Crippen LogP contribution in [0.15, 0.2) is 48.5 Å². The van der Waals surface area contributed by atoms with Gasteiger partial charge in [0.15, 0.2) is 0 Å². The smallest absolute Gasteiger partial charge is 0.261 e. The van der Waals surface area contributed by atoms with E-state index in [4.69, 9.17) is 11.6 Å². The normalized spacial score (nSPS) is 16.4. The molecule has 8 heteroatoms. The third-order valence-corrected chi connectivity index (χ3v) is 7.51. The van der Waals surface area contributed by atoms with E-state index in [1.807, 2.05) is 19.1 Å². The Kier molecular flexibility index (Phi) is 8.98. The van der Waals surface area contributed by atoms with Gasteiger partial charge in [-0.15, -0.1) is 0 Å². The monoisotopic (exact) mass is 523 g/mol. The highest BCUT2D eigenvalue weighted by atomic mass is 35.5. The molecule has 4 rings (SSSR count). The molecule has 1 heterocycles. The van der Waals surface area contributed by atoms with Gasteiger partial charge in [0, 0.05) is 30.6 Å². The van der Waals surface area contributed by atoms with E-state index in [1.165, 1.54) is 11.3 Å². The van der Waals surface area contributed by atoms with E-state index in [0.717, 1.165) is 31.2 Å². The van der Waals surface area contributed by atoms with Crippen LogP contribution in [-0.2, 0) is 16.1 Å². The Labute approximate surface area is 223 Å². The number of benzene rings is 2. The molecular weight excluding hydrogens is 490 g/mol. The third-order valence-electron chi connectivity index (χ3n) is 7.25. The van der Waals surface area contributed by atoms with E-state index in [0.29, 0.717) is 29.0 Å². The molecular formula is C29H34ClN3O4. The summed E-state index contributed by atoms with van der Waals surface area (Å²) in [5.41, 5.74) is 1.67. The number of hydrogen-bond donors (Lipinski definition) is 1. The molecule has 1 atom stereocenters. The molecule has 0 bridgehead atoms. The molecule has 0 aromatic heterocycles. The summed E-state index contributed by atoms with van der Waals surface area (Å²) in [6.07, 6.45) is 6.26. The zero-order valence-corrected chi connectivity index (χ0v) is 22.0. The largest absolute Gasteiger partial charge is 0.352 e. The van der Waals surface area contributed by atoms with Crippen LogP contribution in [-0.4, -0.2) is 52.1 Å². The van der Waals surface area contributed by atoms with Crippen LogP contribution < -0.4 is 5.32 Å². The van der Waals surface area contributed by atoms with Gasteiger partial charge in [0.1, 0.15) is 6.04 Å². The number of imide groups is 1. The van der Waals surface area contributed by atoms with Gasteiger partial charge >= 0.3 is 0 Å². The molecule has 1 aliphatic heterocycles. The van der Waals surface area contributed by atoms with Crippen LogP contribution in [0.2, 0.25) is 5.02 Å². The second-order valence-electron chi connectivity index (χ2n) is 9.83. The molecule has 4 amide bonds. The van der Waals surface area contributed by atoms with E-state index in [1.54, 1.807) is 41.3 Å². The van der Waals surface area contributed by atoms with Crippen molar-refractivity contribution in [2.45, 2.75) is 76.9 Å². The number of carbonyl (C=O) groups excluding carboxylic acids is 4. The van der Waals surface area contributed by atoms with Crippen LogP contribution in [0.25, 0.3) is 0 Å². The maximum Gasteiger partial charge on any atom is 0.261 e. The van der Waals surface area contributed by atoms with Gasteiger partial charge in [-0.25, -0.2) is 0 Å². The highest BCUT2D eigenvalue weighted by Crippen LogP contribution is 2.24. The lowest BCUT2D eigenvalue weighted by molar-refractivity contribution is -0.142. The number of nitrogens with zero attached hydrogens (tertiary/aromatic N) is 2. The molecule has 196 valence electrons. The van der Waals surface area contributed by atoms with Crippen molar-refractivity contribution in [3.05, 3.63) is 70.2 Å². The number of fused-ring (bicyclic) bond motifs is 1. The summed E-state index contributed by atoms with van der Waals surface area (Å²) in [6, 6.07) is 13.5. The third kappa shape index (κ3) is 6.39. The predicted molar refractivity (Wildman–Crippen MR) is 142 cm³/mol. The van der Waals surface area contributed by atoms with Crippen molar-refractivity contribution >= 4 is 35.2 Å². The van der Waals surface area contributed by atoms with Crippen LogP contribution in [0.3, 0.4) is 0 Å². The van der Waals surface area contributed by atoms with Crippen molar-refractivity contribution in [1.82, 2.24) is 15.1 Å². The van der Waals surface area contributed by atoms with Crippen LogP contribution >= 0.6 is 11.6 Å². The Morgan fingerprint density at radius 2 is 1.62 bits per heavy atom. The van der Waals surface area contributed by atoms with Crippen LogP contribution in [0.4, 0.5) is 0 Å². The summed E-state index contributed by atoms with van der Waals surface area (Å²) in [6.45, 7) is 2.34. The SMILES string of the molecule is CC[C@H](C(=O)NC1CCCCC1)N(Cc1ccc(Cl)cc1)C(=O)CCCN1C(=O)c2ccccc2C1=O. The lowest BCUT2D eigenvalue weighted by Gasteiger charge is -2.33. The van der Waals surface area contributed by atoms with Gasteiger partial charge in [-0.05, 0) is 55.5 Å². The first-order valence-electron chi connectivity index (χ1n) is 13.2. The summed E-state index contributed by atoms with van der Waals surface area (Å²) >= 11 is 6.04. The molecule has 37 heavy (non-hydrogen) atoms. The number of carbonyl (C=O) groups is 4. The summed E-state index contributed by atoms with van der Waals surface area (Å²) in [7, 11) is 0. The molecule has 1 saturated carbocycles. The Morgan fingerprint density at radius 1 is 1.00 bits per heavy atom. The minimum atomic E-state index is -0.607. The highest BCUT2D eigenvalue weighted by molar-refractivity contribution is 6.30. The van der Waals surface area contributed by atoms with E-state index in [-0.39, 0.29) is 49.2 Å². The number of halogens is 1. The summed E-state index contributed by atoms with van der Waals surface area (Å²) in [4.78, 5) is 55.0. The van der Waals surface area contributed by atoms with E-state index >= 15 is 0 Å². The fourth-order valence-electron chi connectivity index (χ4n) is 5.22. The quantitative estimate of drug-likeness (QED) is 0.445. The lowest BCUT2D eigenvalue weighted by Crippen LogP contribution is -2.51. The molecule has 2 aliphatic rings. The van der Waals surface area contributed by atoms with Crippen molar-refractivity contribution in [3.8, 4) is 0 Å². The molecule has 1 N–H and O–H groups in total. The number of rotatable bonds is 10. The first kappa shape index (κ1) is 26.9. The van der Waals surface area contributed by atoms with Crippen LogP contribution in [0.5, 0.6) is 0 Å². The second kappa shape index (κ2) is 12.4. The van der Waals surface area contributed by atoms with Crippen molar-refractivity contribution in [1.29, 1.82) is 0 Å². The van der Waals surface area contributed by atoms with E-state index < -0.39 is 6.04 Å². The van der Waals surface area contributed by atoms with Crippen molar-refractivity contribution < 1.29 is 19.2 Å². The molecule has 0 radical (unpaired) electrons. The van der Waals surface area contributed by atoms with Gasteiger partial charge in [0.25, 0.3) is 11.8 Å². The Morgan fingerprint density at radius 3 is 2.22 bits per heavy atom. The van der Waals surface area contributed by atoms with Crippen molar-refractivity contribution in [3.63, 3.8) is 0 Å². The van der Waals surface area contributed by atoms with Crippen molar-refractivity contribution in [2.75, 3.05) is 6.54 Å². The maximum atomic E-state index is 13.5. The number of amides is 4. The minimum absolute atomic E-state index is 0.119. The average molecular weight is 524 g/mol. The maximum absolute atomic E-state index is 13.5. The topological polar surface area (TPSA) is 86.8 Å². The van der Waals surface area contributed by atoms with Gasteiger partial charge in [-0.2, -0.15) is 0 Å². The summed E-state index contributed by atoms with van der Waals surface area (Å²) in [5, 5.41) is 3.77. The predicted octanol–water partition coefficient (Wildman–Crippen LogP) is 4.97. The molecule has 1 fully saturated rings. The Balaban J connectivity index is 1.43. The molecule has 1 aliphatic carbocycles. The molecule has 7 nitrogen and oxygen atoms in total. The molecule has 0 saturated heterocycles. The standard InChI is InChI=1S/C29H34ClN3O4/c1-2-25(27(35)31-22-9-4-3-5-10-22)33(19-20-14-16-21(30)17-15-20)26(34)13-8-18-32-28(36)23-11-6-7-12-24(23)29(32)37/h6-7,11-12,14-17,22,25H,2-5,8-10,13,18-19H2,1H3,(H,31,35)/t25-/m1/s1. The lowest BCUT2D eigenvalue weighted by atomic mass is 9.95. The molecule has 2 aromatic carbocycles. The zero-order chi connectivity index (χ0) is 26.4. The molecule has 2 aromatic rings. The number of nitrogens with one attached hydrogen (secondary N) is 1. The first-order valence-corrected chi connectivity index (χ1v) is 13.6. The van der Waals surface area contributed by atoms with Gasteiger partial charge in [-0.1, -0.05) is 62.1 Å². The van der Waals surface area contributed by atoms with Crippen LogP contribution in [0, 0.1) is 0 Å². The highest BCUT2D eigenvalue weighted by Gasteiger charge is 2.35. The Hall–Kier alpha value is -3.19. The first-order chi connectivity index (χ1) is 17.9. The van der Waals surface area contributed by atoms with Gasteiger partial charge in [-0.3, -0.25) is 24.1 Å². The van der Waals surface area contributed by atoms with Crippen LogP contribution in [0.1, 0.15) is 84.6 Å². The second-order valence-corrected chi connectivity index (χ2v) is 10.3. The van der Waals surface area contributed by atoms with Crippen molar-refractivity contribution in [2.24, 2.45) is 0 Å². The van der Waals surface area contributed by atoms with E-state index in [2.05, 4.69) is 5.32 Å². The minimum Gasteiger partial charge on any atom is -0.352 e. The van der Waals surface area contributed by atoms with Gasteiger partial charge in [0.2, 0.25) is 11.8 Å². The summed E-state index contributed by atoms with van der Waals surface area (Å²) < 4.78 is 0. The molecule has 0 unspecified atom stereocenters. The molecule has 0 spiro atoms. The number of hydrogen-bond acceptors (Lipinski definition) is 4. The summed E-state index contributed by atoms with van der Waals surface area (Å²) in [5.74, 6) is -0.969. The fraction of sp³-hybridized carbons (Fsp3) is 0.448. The zero-order valence-electron chi connectivity index (χ0n) is 21.2. The fourth-order valence-corrected chi connectivity index (χ4v) is 5.35. The van der Waals surface area contributed by atoms with Gasteiger partial charge in [0.05, 0.1) is 11.1 Å².